The number of aliphatic hydroxyl groups is 1. The van der Waals surface area contributed by atoms with Gasteiger partial charge in [-0.05, 0) is 5.92 Å². The van der Waals surface area contributed by atoms with Gasteiger partial charge in [0.2, 0.25) is 0 Å². The van der Waals surface area contributed by atoms with Gasteiger partial charge in [0, 0.05) is 19.8 Å². The first-order valence-corrected chi connectivity index (χ1v) is 6.18. The van der Waals surface area contributed by atoms with Crippen molar-refractivity contribution in [2.75, 3.05) is 11.9 Å². The van der Waals surface area contributed by atoms with Gasteiger partial charge in [0.05, 0.1) is 11.5 Å². The van der Waals surface area contributed by atoms with Crippen LogP contribution < -0.4 is 5.32 Å². The minimum atomic E-state index is -0.378. The zero-order valence-corrected chi connectivity index (χ0v) is 11.0. The molecule has 0 aliphatic carbocycles. The molecule has 2 aromatic heterocycles. The maximum atomic E-state index is 9.93. The number of aryl methyl sites for hydroxylation is 1. The first kappa shape index (κ1) is 12.8. The summed E-state index contributed by atoms with van der Waals surface area (Å²) < 4.78 is 1.70. The van der Waals surface area contributed by atoms with Crippen LogP contribution >= 0.6 is 0 Å². The van der Waals surface area contributed by atoms with Crippen molar-refractivity contribution in [3.05, 3.63) is 12.5 Å². The molecule has 2 heterocycles. The molecule has 6 heteroatoms. The highest BCUT2D eigenvalue weighted by atomic mass is 16.3. The summed E-state index contributed by atoms with van der Waals surface area (Å²) in [7, 11) is 1.85. The molecule has 2 atom stereocenters. The molecule has 18 heavy (non-hydrogen) atoms. The summed E-state index contributed by atoms with van der Waals surface area (Å²) in [5, 5.41) is 18.2. The monoisotopic (exact) mass is 249 g/mol. The molecule has 0 bridgehead atoms. The molecule has 2 rings (SSSR count). The van der Waals surface area contributed by atoms with Crippen molar-refractivity contribution >= 4 is 16.9 Å². The van der Waals surface area contributed by atoms with Crippen LogP contribution in [0.3, 0.4) is 0 Å². The lowest BCUT2D eigenvalue weighted by molar-refractivity contribution is 0.126. The topological polar surface area (TPSA) is 75.9 Å². The third-order valence-corrected chi connectivity index (χ3v) is 3.21. The first-order chi connectivity index (χ1) is 8.61. The molecule has 0 radical (unpaired) electrons. The van der Waals surface area contributed by atoms with Crippen LogP contribution in [0.5, 0.6) is 0 Å². The number of fused-ring (bicyclic) bond motifs is 1. The van der Waals surface area contributed by atoms with E-state index in [-0.39, 0.29) is 12.0 Å². The van der Waals surface area contributed by atoms with Crippen molar-refractivity contribution in [2.45, 2.75) is 26.4 Å². The van der Waals surface area contributed by atoms with Gasteiger partial charge in [-0.1, -0.05) is 20.3 Å². The predicted octanol–water partition coefficient (Wildman–Crippen LogP) is 1.18. The van der Waals surface area contributed by atoms with Crippen LogP contribution in [-0.2, 0) is 7.05 Å². The fourth-order valence-corrected chi connectivity index (χ4v) is 1.77. The van der Waals surface area contributed by atoms with Gasteiger partial charge >= 0.3 is 0 Å². The van der Waals surface area contributed by atoms with Crippen molar-refractivity contribution in [3.63, 3.8) is 0 Å². The zero-order chi connectivity index (χ0) is 13.1. The number of aromatic nitrogens is 4. The molecule has 2 N–H and O–H groups in total. The summed E-state index contributed by atoms with van der Waals surface area (Å²) in [6.07, 6.45) is 3.92. The van der Waals surface area contributed by atoms with E-state index >= 15 is 0 Å². The Hall–Kier alpha value is -1.69. The van der Waals surface area contributed by atoms with Gasteiger partial charge in [-0.25, -0.2) is 9.97 Å². The van der Waals surface area contributed by atoms with E-state index < -0.39 is 0 Å². The van der Waals surface area contributed by atoms with Crippen LogP contribution in [0.1, 0.15) is 20.3 Å². The number of rotatable bonds is 5. The Bertz CT molecular complexity index is 524. The van der Waals surface area contributed by atoms with Crippen molar-refractivity contribution in [2.24, 2.45) is 13.0 Å². The molecular weight excluding hydrogens is 230 g/mol. The van der Waals surface area contributed by atoms with E-state index in [9.17, 15) is 5.11 Å². The molecule has 0 aromatic carbocycles. The van der Waals surface area contributed by atoms with Gasteiger partial charge in [0.1, 0.15) is 12.1 Å². The standard InChI is InChI=1S/C12H19N5O/c1-4-8(2)10(18)5-13-11-9-6-17(3)16-12(9)15-7-14-11/h6-8,10,18H,4-5H2,1-3H3,(H,13,14,15,16). The van der Waals surface area contributed by atoms with Crippen LogP contribution in [0.2, 0.25) is 0 Å². The number of aliphatic hydroxyl groups excluding tert-OH is 1. The third kappa shape index (κ3) is 2.59. The Labute approximate surface area is 106 Å². The van der Waals surface area contributed by atoms with Gasteiger partial charge in [0.15, 0.2) is 5.65 Å². The molecule has 0 amide bonds. The summed E-state index contributed by atoms with van der Waals surface area (Å²) in [6, 6.07) is 0. The predicted molar refractivity (Wildman–Crippen MR) is 70.3 cm³/mol. The fraction of sp³-hybridized carbons (Fsp3) is 0.583. The number of nitrogens with one attached hydrogen (secondary N) is 1. The van der Waals surface area contributed by atoms with Gasteiger partial charge < -0.3 is 10.4 Å². The molecule has 98 valence electrons. The minimum Gasteiger partial charge on any atom is -0.391 e. The van der Waals surface area contributed by atoms with E-state index in [4.69, 9.17) is 0 Å². The van der Waals surface area contributed by atoms with Crippen molar-refractivity contribution in [3.8, 4) is 0 Å². The summed E-state index contributed by atoms with van der Waals surface area (Å²) in [5.74, 6) is 0.985. The molecule has 0 saturated carbocycles. The quantitative estimate of drug-likeness (QED) is 0.832. The van der Waals surface area contributed by atoms with Crippen LogP contribution in [0.15, 0.2) is 12.5 Å². The maximum Gasteiger partial charge on any atom is 0.186 e. The van der Waals surface area contributed by atoms with Crippen LogP contribution in [-0.4, -0.2) is 37.5 Å². The molecule has 0 aliphatic heterocycles. The summed E-state index contributed by atoms with van der Waals surface area (Å²) in [4.78, 5) is 8.29. The molecule has 0 spiro atoms. The molecule has 0 fully saturated rings. The summed E-state index contributed by atoms with van der Waals surface area (Å²) in [5.41, 5.74) is 0.660. The summed E-state index contributed by atoms with van der Waals surface area (Å²) >= 11 is 0. The largest absolute Gasteiger partial charge is 0.391 e. The SMILES string of the molecule is CCC(C)C(O)CNc1ncnc2nn(C)cc12. The second kappa shape index (κ2) is 5.30. The number of hydrogen-bond acceptors (Lipinski definition) is 5. The fourth-order valence-electron chi connectivity index (χ4n) is 1.77. The smallest absolute Gasteiger partial charge is 0.186 e. The number of hydrogen-bond donors (Lipinski definition) is 2. The first-order valence-electron chi connectivity index (χ1n) is 6.18. The minimum absolute atomic E-state index is 0.267. The number of nitrogens with zero attached hydrogens (tertiary/aromatic N) is 4. The molecule has 2 aromatic rings. The van der Waals surface area contributed by atoms with Crippen molar-refractivity contribution < 1.29 is 5.11 Å². The third-order valence-electron chi connectivity index (χ3n) is 3.21. The van der Waals surface area contributed by atoms with E-state index in [1.165, 1.54) is 6.33 Å². The van der Waals surface area contributed by atoms with Crippen LogP contribution in [0, 0.1) is 5.92 Å². The number of anilines is 1. The molecule has 2 unspecified atom stereocenters. The molecule has 6 nitrogen and oxygen atoms in total. The molecular formula is C12H19N5O. The Morgan fingerprint density at radius 3 is 2.94 bits per heavy atom. The highest BCUT2D eigenvalue weighted by molar-refractivity contribution is 5.85. The van der Waals surface area contributed by atoms with Gasteiger partial charge in [0.25, 0.3) is 0 Å². The Morgan fingerprint density at radius 1 is 1.44 bits per heavy atom. The Balaban J connectivity index is 2.12. The van der Waals surface area contributed by atoms with Gasteiger partial charge in [-0.2, -0.15) is 5.10 Å². The van der Waals surface area contributed by atoms with Crippen LogP contribution in [0.4, 0.5) is 5.82 Å². The Morgan fingerprint density at radius 2 is 2.22 bits per heavy atom. The Kier molecular flexibility index (Phi) is 3.76. The van der Waals surface area contributed by atoms with Crippen molar-refractivity contribution in [1.82, 2.24) is 19.7 Å². The molecule has 0 saturated heterocycles. The lowest BCUT2D eigenvalue weighted by atomic mass is 10.0. The zero-order valence-electron chi connectivity index (χ0n) is 11.0. The van der Waals surface area contributed by atoms with Gasteiger partial charge in [-0.15, -0.1) is 0 Å². The van der Waals surface area contributed by atoms with E-state index in [1.807, 2.05) is 20.2 Å². The second-order valence-corrected chi connectivity index (χ2v) is 4.60. The average Bonchev–Trinajstić information content (AvgIpc) is 2.75. The van der Waals surface area contributed by atoms with Gasteiger partial charge in [-0.3, -0.25) is 4.68 Å². The normalized spacial score (nSPS) is 14.7. The summed E-state index contributed by atoms with van der Waals surface area (Å²) in [6.45, 7) is 4.58. The lowest BCUT2D eigenvalue weighted by Gasteiger charge is -2.17. The van der Waals surface area contributed by atoms with E-state index in [1.54, 1.807) is 4.68 Å². The highest BCUT2D eigenvalue weighted by Gasteiger charge is 2.13. The van der Waals surface area contributed by atoms with E-state index in [0.717, 1.165) is 17.6 Å². The lowest BCUT2D eigenvalue weighted by Crippen LogP contribution is -2.26. The highest BCUT2D eigenvalue weighted by Crippen LogP contribution is 2.17. The van der Waals surface area contributed by atoms with E-state index in [0.29, 0.717) is 12.2 Å². The van der Waals surface area contributed by atoms with Crippen molar-refractivity contribution in [1.29, 1.82) is 0 Å². The average molecular weight is 249 g/mol. The van der Waals surface area contributed by atoms with Crippen LogP contribution in [0.25, 0.3) is 11.0 Å². The maximum absolute atomic E-state index is 9.93. The second-order valence-electron chi connectivity index (χ2n) is 4.60. The molecule has 0 aliphatic rings. The van der Waals surface area contributed by atoms with E-state index in [2.05, 4.69) is 27.3 Å².